The molecule has 0 aromatic heterocycles. The van der Waals surface area contributed by atoms with Crippen LogP contribution >= 0.6 is 0 Å². The first kappa shape index (κ1) is 20.1. The molecule has 0 spiro atoms. The van der Waals surface area contributed by atoms with Crippen LogP contribution in [0.15, 0.2) is 96.1 Å². The molecule has 6 nitrogen and oxygen atoms in total. The fourth-order valence-electron chi connectivity index (χ4n) is 3.97. The summed E-state index contributed by atoms with van der Waals surface area (Å²) < 4.78 is 12.4. The number of azide groups is 1. The summed E-state index contributed by atoms with van der Waals surface area (Å²) >= 11 is 0. The van der Waals surface area contributed by atoms with Gasteiger partial charge in [-0.1, -0.05) is 96.1 Å². The molecule has 0 amide bonds. The van der Waals surface area contributed by atoms with Gasteiger partial charge in [-0.05, 0) is 22.2 Å². The van der Waals surface area contributed by atoms with Gasteiger partial charge in [0.15, 0.2) is 0 Å². The van der Waals surface area contributed by atoms with Crippen LogP contribution in [0.25, 0.3) is 10.4 Å². The normalized spacial score (nSPS) is 21.6. The van der Waals surface area contributed by atoms with Gasteiger partial charge in [-0.2, -0.15) is 0 Å². The number of ether oxygens (including phenoxy) is 2. The summed E-state index contributed by atoms with van der Waals surface area (Å²) in [6.07, 6.45) is -1.67. The third kappa shape index (κ3) is 3.82. The molecule has 30 heavy (non-hydrogen) atoms. The summed E-state index contributed by atoms with van der Waals surface area (Å²) in [7, 11) is 0. The highest BCUT2D eigenvalue weighted by Crippen LogP contribution is 2.42. The van der Waals surface area contributed by atoms with Crippen molar-refractivity contribution in [3.63, 3.8) is 0 Å². The Morgan fingerprint density at radius 3 is 1.73 bits per heavy atom. The van der Waals surface area contributed by atoms with Gasteiger partial charge in [0.25, 0.3) is 0 Å². The second-order valence-corrected chi connectivity index (χ2v) is 7.24. The van der Waals surface area contributed by atoms with E-state index in [4.69, 9.17) is 15.0 Å². The van der Waals surface area contributed by atoms with Gasteiger partial charge in [-0.25, -0.2) is 0 Å². The minimum Gasteiger partial charge on any atom is -0.390 e. The lowest BCUT2D eigenvalue weighted by molar-refractivity contribution is -0.164. The molecule has 1 fully saturated rings. The van der Waals surface area contributed by atoms with E-state index in [1.807, 2.05) is 91.0 Å². The average molecular weight is 401 g/mol. The van der Waals surface area contributed by atoms with Gasteiger partial charge in [-0.15, -0.1) is 0 Å². The Balaban J connectivity index is 1.88. The van der Waals surface area contributed by atoms with Gasteiger partial charge in [0, 0.05) is 4.91 Å². The predicted octanol–water partition coefficient (Wildman–Crippen LogP) is 4.43. The lowest BCUT2D eigenvalue weighted by Gasteiger charge is -2.42. The molecule has 1 saturated heterocycles. The maximum atomic E-state index is 10.9. The van der Waals surface area contributed by atoms with Crippen molar-refractivity contribution in [3.05, 3.63) is 118 Å². The number of benzene rings is 3. The quantitative estimate of drug-likeness (QED) is 0.287. The smallest absolute Gasteiger partial charge is 0.144 e. The minimum absolute atomic E-state index is 0.167. The van der Waals surface area contributed by atoms with Gasteiger partial charge in [0.1, 0.15) is 11.7 Å². The van der Waals surface area contributed by atoms with Gasteiger partial charge in [-0.3, -0.25) is 0 Å². The standard InChI is InChI=1S/C24H23N3O3/c25-27-26-21-16-29-17-22(23(21)28)30-24(18-10-4-1-5-11-18,19-12-6-2-7-13-19)20-14-8-3-9-15-20/h1-15,21-23,28H,16-17H2/t21-,22+,23+/m0/s1. The first-order valence-electron chi connectivity index (χ1n) is 9.90. The lowest BCUT2D eigenvalue weighted by Crippen LogP contribution is -2.51. The molecule has 1 heterocycles. The maximum Gasteiger partial charge on any atom is 0.144 e. The summed E-state index contributed by atoms with van der Waals surface area (Å²) in [5, 5.41) is 14.6. The molecule has 152 valence electrons. The summed E-state index contributed by atoms with van der Waals surface area (Å²) in [5.74, 6) is 0. The van der Waals surface area contributed by atoms with E-state index in [-0.39, 0.29) is 13.2 Å². The van der Waals surface area contributed by atoms with Crippen LogP contribution < -0.4 is 0 Å². The Bertz CT molecular complexity index is 895. The van der Waals surface area contributed by atoms with Crippen molar-refractivity contribution in [3.8, 4) is 0 Å². The Kier molecular flexibility index (Phi) is 6.12. The van der Waals surface area contributed by atoms with Crippen LogP contribution in [0.1, 0.15) is 16.7 Å². The minimum atomic E-state index is -0.981. The summed E-state index contributed by atoms with van der Waals surface area (Å²) in [5.41, 5.74) is 10.7. The molecule has 0 unspecified atom stereocenters. The van der Waals surface area contributed by atoms with Crippen LogP contribution in [0.2, 0.25) is 0 Å². The molecule has 0 aliphatic carbocycles. The first-order chi connectivity index (χ1) is 14.8. The van der Waals surface area contributed by atoms with Crippen molar-refractivity contribution >= 4 is 0 Å². The van der Waals surface area contributed by atoms with Crippen molar-refractivity contribution in [2.45, 2.75) is 23.9 Å². The van der Waals surface area contributed by atoms with E-state index in [0.29, 0.717) is 0 Å². The van der Waals surface area contributed by atoms with Crippen LogP contribution in [0.4, 0.5) is 0 Å². The Morgan fingerprint density at radius 2 is 1.30 bits per heavy atom. The lowest BCUT2D eigenvalue weighted by atomic mass is 9.79. The molecule has 0 saturated carbocycles. The molecule has 0 bridgehead atoms. The molecule has 6 heteroatoms. The van der Waals surface area contributed by atoms with E-state index in [9.17, 15) is 5.11 Å². The molecular formula is C24H23N3O3. The van der Waals surface area contributed by atoms with Gasteiger partial charge >= 0.3 is 0 Å². The van der Waals surface area contributed by atoms with Gasteiger partial charge < -0.3 is 14.6 Å². The third-order valence-electron chi connectivity index (χ3n) is 5.41. The summed E-state index contributed by atoms with van der Waals surface area (Å²) in [6.45, 7) is 0.368. The van der Waals surface area contributed by atoms with Crippen LogP contribution in [-0.4, -0.2) is 36.6 Å². The number of rotatable bonds is 6. The van der Waals surface area contributed by atoms with Crippen LogP contribution in [-0.2, 0) is 15.1 Å². The molecule has 1 aliphatic heterocycles. The Morgan fingerprint density at radius 1 is 0.833 bits per heavy atom. The van der Waals surface area contributed by atoms with Crippen molar-refractivity contribution in [1.82, 2.24) is 0 Å². The van der Waals surface area contributed by atoms with E-state index in [1.54, 1.807) is 0 Å². The van der Waals surface area contributed by atoms with Crippen LogP contribution in [0, 0.1) is 0 Å². The zero-order valence-electron chi connectivity index (χ0n) is 16.4. The first-order valence-corrected chi connectivity index (χ1v) is 9.90. The average Bonchev–Trinajstić information content (AvgIpc) is 2.82. The number of aliphatic hydroxyl groups is 1. The fourth-order valence-corrected chi connectivity index (χ4v) is 3.97. The van der Waals surface area contributed by atoms with E-state index in [0.717, 1.165) is 16.7 Å². The summed E-state index contributed by atoms with van der Waals surface area (Å²) in [6, 6.07) is 29.1. The van der Waals surface area contributed by atoms with E-state index < -0.39 is 23.9 Å². The molecule has 4 rings (SSSR count). The van der Waals surface area contributed by atoms with Crippen molar-refractivity contribution in [1.29, 1.82) is 0 Å². The molecular weight excluding hydrogens is 378 g/mol. The highest BCUT2D eigenvalue weighted by Gasteiger charge is 2.44. The number of hydrogen-bond acceptors (Lipinski definition) is 4. The topological polar surface area (TPSA) is 87.5 Å². The molecule has 3 aromatic rings. The Labute approximate surface area is 175 Å². The molecule has 1 N–H and O–H groups in total. The van der Waals surface area contributed by atoms with Crippen LogP contribution in [0.3, 0.4) is 0 Å². The van der Waals surface area contributed by atoms with E-state index >= 15 is 0 Å². The van der Waals surface area contributed by atoms with Crippen molar-refractivity contribution in [2.75, 3.05) is 13.2 Å². The summed E-state index contributed by atoms with van der Waals surface area (Å²) in [4.78, 5) is 2.84. The van der Waals surface area contributed by atoms with Gasteiger partial charge in [0.05, 0.1) is 25.4 Å². The number of nitrogens with zero attached hydrogens (tertiary/aromatic N) is 3. The largest absolute Gasteiger partial charge is 0.390 e. The predicted molar refractivity (Wildman–Crippen MR) is 114 cm³/mol. The fraction of sp³-hybridized carbons (Fsp3) is 0.250. The molecule has 1 aliphatic rings. The van der Waals surface area contributed by atoms with E-state index in [2.05, 4.69) is 10.0 Å². The number of aliphatic hydroxyl groups excluding tert-OH is 1. The zero-order valence-corrected chi connectivity index (χ0v) is 16.4. The highest BCUT2D eigenvalue weighted by molar-refractivity contribution is 5.47. The third-order valence-corrected chi connectivity index (χ3v) is 5.41. The van der Waals surface area contributed by atoms with E-state index in [1.165, 1.54) is 0 Å². The second-order valence-electron chi connectivity index (χ2n) is 7.24. The zero-order chi connectivity index (χ0) is 20.8. The van der Waals surface area contributed by atoms with Crippen LogP contribution in [0.5, 0.6) is 0 Å². The van der Waals surface area contributed by atoms with Gasteiger partial charge in [0.2, 0.25) is 0 Å². The molecule has 3 atom stereocenters. The highest BCUT2D eigenvalue weighted by atomic mass is 16.6. The molecule has 3 aromatic carbocycles. The monoisotopic (exact) mass is 401 g/mol. The number of hydrogen-bond donors (Lipinski definition) is 1. The SMILES string of the molecule is [N-]=[N+]=N[C@H]1COC[C@@H](OC(c2ccccc2)(c2ccccc2)c2ccccc2)[C@@H]1O. The second kappa shape index (κ2) is 9.11. The Hall–Kier alpha value is -3.15. The maximum absolute atomic E-state index is 10.9. The van der Waals surface area contributed by atoms with Crippen molar-refractivity contribution in [2.24, 2.45) is 5.11 Å². The van der Waals surface area contributed by atoms with Crippen molar-refractivity contribution < 1.29 is 14.6 Å². The molecule has 0 radical (unpaired) electrons.